The van der Waals surface area contributed by atoms with Crippen molar-refractivity contribution < 1.29 is 14.3 Å². The third-order valence-electron chi connectivity index (χ3n) is 3.27. The molecule has 0 aromatic rings. The van der Waals surface area contributed by atoms with Crippen molar-refractivity contribution in [3.63, 3.8) is 0 Å². The second-order valence-corrected chi connectivity index (χ2v) is 7.13. The normalized spacial score (nSPS) is 12.9. The minimum Gasteiger partial charge on any atom is -0.444 e. The standard InChI is InChI=1S/C16H33N3O3/c1-12(2)13(10-17-9-8-14(20)19(6)7)11-18-15(21)22-16(3,4)5/h12-13,17H,8-11H2,1-7H3,(H,18,21). The molecule has 6 nitrogen and oxygen atoms in total. The summed E-state index contributed by atoms with van der Waals surface area (Å²) in [6.07, 6.45) is 0.0954. The summed E-state index contributed by atoms with van der Waals surface area (Å²) in [6.45, 7) is 11.7. The Labute approximate surface area is 135 Å². The molecule has 2 N–H and O–H groups in total. The van der Waals surface area contributed by atoms with Crippen LogP contribution in [0.3, 0.4) is 0 Å². The Hall–Kier alpha value is -1.30. The van der Waals surface area contributed by atoms with Crippen LogP contribution in [0, 0.1) is 11.8 Å². The van der Waals surface area contributed by atoms with Gasteiger partial charge in [-0.15, -0.1) is 0 Å². The Kier molecular flexibility index (Phi) is 9.09. The molecule has 1 atom stereocenters. The quantitative estimate of drug-likeness (QED) is 0.671. The highest BCUT2D eigenvalue weighted by Gasteiger charge is 2.19. The molecular weight excluding hydrogens is 282 g/mol. The highest BCUT2D eigenvalue weighted by atomic mass is 16.6. The zero-order chi connectivity index (χ0) is 17.3. The Morgan fingerprint density at radius 1 is 1.14 bits per heavy atom. The van der Waals surface area contributed by atoms with Gasteiger partial charge in [0.05, 0.1) is 0 Å². The maximum absolute atomic E-state index is 11.7. The zero-order valence-corrected chi connectivity index (χ0v) is 15.2. The Morgan fingerprint density at radius 2 is 1.73 bits per heavy atom. The first-order chi connectivity index (χ1) is 10.0. The molecule has 0 fully saturated rings. The average Bonchev–Trinajstić information content (AvgIpc) is 2.34. The van der Waals surface area contributed by atoms with Gasteiger partial charge in [0.1, 0.15) is 5.60 Å². The van der Waals surface area contributed by atoms with E-state index in [-0.39, 0.29) is 12.0 Å². The molecule has 0 radical (unpaired) electrons. The van der Waals surface area contributed by atoms with Gasteiger partial charge in [-0.25, -0.2) is 4.79 Å². The van der Waals surface area contributed by atoms with Crippen LogP contribution in [0.4, 0.5) is 4.79 Å². The number of carbonyl (C=O) groups is 2. The van der Waals surface area contributed by atoms with Crippen molar-refractivity contribution in [2.24, 2.45) is 11.8 Å². The molecule has 1 unspecified atom stereocenters. The van der Waals surface area contributed by atoms with E-state index >= 15 is 0 Å². The monoisotopic (exact) mass is 315 g/mol. The van der Waals surface area contributed by atoms with Crippen molar-refractivity contribution in [3.8, 4) is 0 Å². The van der Waals surface area contributed by atoms with E-state index in [9.17, 15) is 9.59 Å². The van der Waals surface area contributed by atoms with Gasteiger partial charge in [0.15, 0.2) is 0 Å². The van der Waals surface area contributed by atoms with Crippen LogP contribution >= 0.6 is 0 Å². The van der Waals surface area contributed by atoms with Crippen molar-refractivity contribution >= 4 is 12.0 Å². The molecule has 0 aliphatic rings. The maximum atomic E-state index is 11.7. The smallest absolute Gasteiger partial charge is 0.407 e. The van der Waals surface area contributed by atoms with Crippen LogP contribution in [0.25, 0.3) is 0 Å². The predicted octanol–water partition coefficient (Wildman–Crippen LogP) is 1.85. The van der Waals surface area contributed by atoms with Gasteiger partial charge in [-0.3, -0.25) is 4.79 Å². The first-order valence-electron chi connectivity index (χ1n) is 7.90. The SMILES string of the molecule is CC(C)C(CNCCC(=O)N(C)C)CNC(=O)OC(C)(C)C. The lowest BCUT2D eigenvalue weighted by Crippen LogP contribution is -2.40. The second-order valence-electron chi connectivity index (χ2n) is 7.13. The van der Waals surface area contributed by atoms with Gasteiger partial charge in [-0.1, -0.05) is 13.8 Å². The topological polar surface area (TPSA) is 70.7 Å². The first kappa shape index (κ1) is 20.7. The lowest BCUT2D eigenvalue weighted by Gasteiger charge is -2.24. The average molecular weight is 315 g/mol. The van der Waals surface area contributed by atoms with Crippen LogP contribution in [0.15, 0.2) is 0 Å². The van der Waals surface area contributed by atoms with Crippen LogP contribution in [0.1, 0.15) is 41.0 Å². The molecule has 0 aliphatic heterocycles. The van der Waals surface area contributed by atoms with E-state index in [4.69, 9.17) is 4.74 Å². The van der Waals surface area contributed by atoms with E-state index in [0.717, 1.165) is 6.54 Å². The first-order valence-corrected chi connectivity index (χ1v) is 7.90. The fraction of sp³-hybridized carbons (Fsp3) is 0.875. The van der Waals surface area contributed by atoms with Gasteiger partial charge >= 0.3 is 6.09 Å². The zero-order valence-electron chi connectivity index (χ0n) is 15.2. The van der Waals surface area contributed by atoms with Crippen molar-refractivity contribution in [2.75, 3.05) is 33.7 Å². The predicted molar refractivity (Wildman–Crippen MR) is 88.7 cm³/mol. The number of hydrogen-bond donors (Lipinski definition) is 2. The number of hydrogen-bond acceptors (Lipinski definition) is 4. The van der Waals surface area contributed by atoms with Gasteiger partial charge in [-0.05, 0) is 39.2 Å². The van der Waals surface area contributed by atoms with E-state index in [1.54, 1.807) is 19.0 Å². The molecule has 0 saturated heterocycles. The number of nitrogens with zero attached hydrogens (tertiary/aromatic N) is 1. The van der Waals surface area contributed by atoms with E-state index in [0.29, 0.717) is 31.3 Å². The number of nitrogens with one attached hydrogen (secondary N) is 2. The molecule has 130 valence electrons. The lowest BCUT2D eigenvalue weighted by atomic mass is 9.96. The summed E-state index contributed by atoms with van der Waals surface area (Å²) in [5, 5.41) is 6.10. The fourth-order valence-corrected chi connectivity index (χ4v) is 1.78. The Morgan fingerprint density at radius 3 is 2.18 bits per heavy atom. The summed E-state index contributed by atoms with van der Waals surface area (Å²) in [6, 6.07) is 0. The molecule has 0 heterocycles. The summed E-state index contributed by atoms with van der Waals surface area (Å²) in [5.41, 5.74) is -0.484. The van der Waals surface area contributed by atoms with Crippen LogP contribution in [-0.4, -0.2) is 56.2 Å². The molecule has 0 saturated carbocycles. The molecule has 0 aromatic carbocycles. The van der Waals surface area contributed by atoms with Crippen molar-refractivity contribution in [1.82, 2.24) is 15.5 Å². The molecule has 22 heavy (non-hydrogen) atoms. The van der Waals surface area contributed by atoms with E-state index in [2.05, 4.69) is 24.5 Å². The second kappa shape index (κ2) is 9.66. The van der Waals surface area contributed by atoms with E-state index < -0.39 is 5.60 Å². The summed E-state index contributed by atoms with van der Waals surface area (Å²) in [7, 11) is 3.51. The third kappa shape index (κ3) is 10.4. The molecule has 2 amide bonds. The Balaban J connectivity index is 4.07. The van der Waals surface area contributed by atoms with Crippen LogP contribution in [-0.2, 0) is 9.53 Å². The van der Waals surface area contributed by atoms with E-state index in [1.165, 1.54) is 0 Å². The van der Waals surface area contributed by atoms with Crippen molar-refractivity contribution in [2.45, 2.75) is 46.6 Å². The number of carbonyl (C=O) groups excluding carboxylic acids is 2. The minimum atomic E-state index is -0.484. The number of rotatable bonds is 8. The van der Waals surface area contributed by atoms with Crippen molar-refractivity contribution in [3.05, 3.63) is 0 Å². The third-order valence-corrected chi connectivity index (χ3v) is 3.27. The molecule has 0 aliphatic carbocycles. The largest absolute Gasteiger partial charge is 0.444 e. The fourth-order valence-electron chi connectivity index (χ4n) is 1.78. The molecule has 0 bridgehead atoms. The number of ether oxygens (including phenoxy) is 1. The molecule has 0 spiro atoms. The van der Waals surface area contributed by atoms with Crippen LogP contribution < -0.4 is 10.6 Å². The van der Waals surface area contributed by atoms with Gasteiger partial charge in [0.25, 0.3) is 0 Å². The van der Waals surface area contributed by atoms with Gasteiger partial charge in [0, 0.05) is 33.6 Å². The highest BCUT2D eigenvalue weighted by molar-refractivity contribution is 5.75. The molecule has 0 aromatic heterocycles. The summed E-state index contributed by atoms with van der Waals surface area (Å²) >= 11 is 0. The molecule has 0 rings (SSSR count). The minimum absolute atomic E-state index is 0.112. The van der Waals surface area contributed by atoms with E-state index in [1.807, 2.05) is 20.8 Å². The lowest BCUT2D eigenvalue weighted by molar-refractivity contribution is -0.128. The van der Waals surface area contributed by atoms with Gasteiger partial charge in [-0.2, -0.15) is 0 Å². The number of alkyl carbamates (subject to hydrolysis) is 1. The highest BCUT2D eigenvalue weighted by Crippen LogP contribution is 2.10. The summed E-state index contributed by atoms with van der Waals surface area (Å²) in [5.74, 6) is 0.828. The number of amides is 2. The van der Waals surface area contributed by atoms with Crippen molar-refractivity contribution in [1.29, 1.82) is 0 Å². The van der Waals surface area contributed by atoms with Gasteiger partial charge in [0.2, 0.25) is 5.91 Å². The molecule has 6 heteroatoms. The maximum Gasteiger partial charge on any atom is 0.407 e. The Bertz CT molecular complexity index is 349. The van der Waals surface area contributed by atoms with Gasteiger partial charge < -0.3 is 20.3 Å². The summed E-state index contributed by atoms with van der Waals surface area (Å²) in [4.78, 5) is 24.7. The van der Waals surface area contributed by atoms with Crippen LogP contribution in [0.5, 0.6) is 0 Å². The molecular formula is C16H33N3O3. The van der Waals surface area contributed by atoms with Crippen LogP contribution in [0.2, 0.25) is 0 Å². The summed E-state index contributed by atoms with van der Waals surface area (Å²) < 4.78 is 5.23.